The van der Waals surface area contributed by atoms with Crippen molar-refractivity contribution in [3.05, 3.63) is 52.3 Å². The molecule has 9 nitrogen and oxygen atoms in total. The van der Waals surface area contributed by atoms with Crippen LogP contribution < -0.4 is 16.3 Å². The molecule has 152 valence electrons. The second kappa shape index (κ2) is 8.00. The lowest BCUT2D eigenvalue weighted by Crippen LogP contribution is -2.36. The van der Waals surface area contributed by atoms with Gasteiger partial charge in [-0.1, -0.05) is 0 Å². The Morgan fingerprint density at radius 3 is 2.86 bits per heavy atom. The van der Waals surface area contributed by atoms with Crippen LogP contribution in [0.2, 0.25) is 0 Å². The quantitative estimate of drug-likeness (QED) is 0.648. The Morgan fingerprint density at radius 1 is 1.34 bits per heavy atom. The van der Waals surface area contributed by atoms with E-state index in [4.69, 9.17) is 4.74 Å². The summed E-state index contributed by atoms with van der Waals surface area (Å²) in [6.45, 7) is 2.69. The highest BCUT2D eigenvalue weighted by molar-refractivity contribution is 5.75. The summed E-state index contributed by atoms with van der Waals surface area (Å²) >= 11 is 0. The predicted molar refractivity (Wildman–Crippen MR) is 104 cm³/mol. The molecular formula is C19H21FN6O3. The smallest absolute Gasteiger partial charge is 0.353 e. The number of carbonyl (C=O) groups is 1. The molecule has 0 bridgehead atoms. The largest absolute Gasteiger partial charge is 0.376 e. The van der Waals surface area contributed by atoms with Crippen molar-refractivity contribution in [3.63, 3.8) is 0 Å². The van der Waals surface area contributed by atoms with Crippen molar-refractivity contribution in [2.45, 2.75) is 32.4 Å². The summed E-state index contributed by atoms with van der Waals surface area (Å²) in [5.74, 6) is -0.441. The third kappa shape index (κ3) is 4.27. The van der Waals surface area contributed by atoms with E-state index in [1.165, 1.54) is 16.5 Å². The van der Waals surface area contributed by atoms with Gasteiger partial charge in [-0.2, -0.15) is 0 Å². The van der Waals surface area contributed by atoms with Crippen LogP contribution in [0.1, 0.15) is 18.5 Å². The van der Waals surface area contributed by atoms with Gasteiger partial charge in [-0.15, -0.1) is 5.10 Å². The van der Waals surface area contributed by atoms with Crippen LogP contribution >= 0.6 is 0 Å². The average molecular weight is 400 g/mol. The summed E-state index contributed by atoms with van der Waals surface area (Å²) in [4.78, 5) is 29.4. The molecule has 2 N–H and O–H groups in total. The zero-order valence-electron chi connectivity index (χ0n) is 15.9. The molecular weight excluding hydrogens is 379 g/mol. The molecule has 0 unspecified atom stereocenters. The molecule has 10 heteroatoms. The highest BCUT2D eigenvalue weighted by Gasteiger charge is 2.18. The summed E-state index contributed by atoms with van der Waals surface area (Å²) < 4.78 is 21.0. The number of hydrogen-bond donors (Lipinski definition) is 2. The maximum atomic E-state index is 13.1. The zero-order chi connectivity index (χ0) is 20.4. The molecule has 1 aromatic carbocycles. The fourth-order valence-corrected chi connectivity index (χ4v) is 3.23. The molecule has 1 aliphatic rings. The predicted octanol–water partition coefficient (Wildman–Crippen LogP) is 1.38. The van der Waals surface area contributed by atoms with Gasteiger partial charge < -0.3 is 15.4 Å². The molecule has 4 rings (SSSR count). The molecule has 3 heterocycles. The monoisotopic (exact) mass is 400 g/mol. The molecule has 1 atom stereocenters. The third-order valence-corrected chi connectivity index (χ3v) is 4.64. The van der Waals surface area contributed by atoms with Crippen molar-refractivity contribution in [2.24, 2.45) is 0 Å². The number of aromatic nitrogens is 4. The van der Waals surface area contributed by atoms with Crippen LogP contribution in [0.15, 0.2) is 35.1 Å². The van der Waals surface area contributed by atoms with Gasteiger partial charge in [-0.3, -0.25) is 4.79 Å². The minimum absolute atomic E-state index is 0.0232. The second-order valence-corrected chi connectivity index (χ2v) is 6.93. The van der Waals surface area contributed by atoms with E-state index in [-0.39, 0.29) is 30.3 Å². The Hall–Kier alpha value is -3.27. The van der Waals surface area contributed by atoms with Crippen LogP contribution in [-0.4, -0.2) is 44.3 Å². The molecule has 3 aromatic rings. The van der Waals surface area contributed by atoms with Gasteiger partial charge in [0.1, 0.15) is 12.4 Å². The summed E-state index contributed by atoms with van der Waals surface area (Å²) in [7, 11) is 0. The van der Waals surface area contributed by atoms with Gasteiger partial charge in [0.15, 0.2) is 5.65 Å². The molecule has 0 spiro atoms. The van der Waals surface area contributed by atoms with E-state index in [0.717, 1.165) is 17.5 Å². The molecule has 0 aliphatic carbocycles. The number of halogens is 1. The topological polar surface area (TPSA) is 103 Å². The van der Waals surface area contributed by atoms with Crippen molar-refractivity contribution in [3.8, 4) is 0 Å². The number of benzene rings is 1. The standard InChI is InChI=1S/C19H21FN6O3/c1-12-9-16-24-25(11-17(27)21-10-15-3-2-8-29-15)19(28)26(16)18(22-12)23-14-6-4-13(20)5-7-14/h4-7,9,15H,2-3,8,10-11H2,1H3,(H,21,27)(H,22,23)/t15-/m1/s1. The molecule has 1 fully saturated rings. The van der Waals surface area contributed by atoms with E-state index < -0.39 is 5.69 Å². The molecule has 2 aromatic heterocycles. The number of nitrogens with one attached hydrogen (secondary N) is 2. The fraction of sp³-hybridized carbons (Fsp3) is 0.368. The van der Waals surface area contributed by atoms with Gasteiger partial charge in [0, 0.05) is 30.6 Å². The van der Waals surface area contributed by atoms with Crippen molar-refractivity contribution in [2.75, 3.05) is 18.5 Å². The number of fused-ring (bicyclic) bond motifs is 1. The van der Waals surface area contributed by atoms with Crippen LogP contribution in [0.4, 0.5) is 16.0 Å². The molecule has 0 radical (unpaired) electrons. The van der Waals surface area contributed by atoms with Crippen LogP contribution in [-0.2, 0) is 16.1 Å². The Labute approximate surface area is 165 Å². The number of anilines is 2. The Balaban J connectivity index is 1.56. The lowest BCUT2D eigenvalue weighted by molar-refractivity contribution is -0.122. The molecule has 1 amide bonds. The number of aryl methyl sites for hydroxylation is 1. The zero-order valence-corrected chi connectivity index (χ0v) is 15.9. The number of hydrogen-bond acceptors (Lipinski definition) is 6. The number of carbonyl (C=O) groups excluding carboxylic acids is 1. The Kier molecular flexibility index (Phi) is 5.26. The first-order chi connectivity index (χ1) is 14.0. The summed E-state index contributed by atoms with van der Waals surface area (Å²) in [6.07, 6.45) is 1.93. The lowest BCUT2D eigenvalue weighted by atomic mass is 10.2. The number of nitrogens with zero attached hydrogens (tertiary/aromatic N) is 4. The first-order valence-electron chi connectivity index (χ1n) is 9.38. The van der Waals surface area contributed by atoms with Gasteiger partial charge in [-0.05, 0) is 44.0 Å². The SMILES string of the molecule is Cc1cc2nn(CC(=O)NC[C@H]3CCCO3)c(=O)n2c(Nc2ccc(F)cc2)n1. The number of rotatable bonds is 6. The van der Waals surface area contributed by atoms with E-state index in [2.05, 4.69) is 20.7 Å². The van der Waals surface area contributed by atoms with Crippen molar-refractivity contribution in [1.29, 1.82) is 0 Å². The highest BCUT2D eigenvalue weighted by Crippen LogP contribution is 2.16. The first kappa shape index (κ1) is 19.1. The van der Waals surface area contributed by atoms with Crippen LogP contribution in [0.3, 0.4) is 0 Å². The average Bonchev–Trinajstić information content (AvgIpc) is 3.30. The Morgan fingerprint density at radius 2 is 2.14 bits per heavy atom. The minimum Gasteiger partial charge on any atom is -0.376 e. The lowest BCUT2D eigenvalue weighted by Gasteiger charge is -2.10. The summed E-state index contributed by atoms with van der Waals surface area (Å²) in [5.41, 5.74) is 1.07. The molecule has 1 aliphatic heterocycles. The maximum absolute atomic E-state index is 13.1. The minimum atomic E-state index is -0.496. The van der Waals surface area contributed by atoms with Crippen molar-refractivity contribution in [1.82, 2.24) is 24.5 Å². The van der Waals surface area contributed by atoms with Crippen LogP contribution in [0.25, 0.3) is 5.65 Å². The number of amides is 1. The van der Waals surface area contributed by atoms with E-state index in [1.54, 1.807) is 25.1 Å². The van der Waals surface area contributed by atoms with Crippen LogP contribution in [0, 0.1) is 12.7 Å². The van der Waals surface area contributed by atoms with Crippen molar-refractivity contribution < 1.29 is 13.9 Å². The van der Waals surface area contributed by atoms with Crippen molar-refractivity contribution >= 4 is 23.2 Å². The highest BCUT2D eigenvalue weighted by atomic mass is 19.1. The van der Waals surface area contributed by atoms with Gasteiger partial charge in [0.05, 0.1) is 6.10 Å². The van der Waals surface area contributed by atoms with Crippen LogP contribution in [0.5, 0.6) is 0 Å². The Bertz CT molecular complexity index is 1090. The fourth-order valence-electron chi connectivity index (χ4n) is 3.23. The summed E-state index contributed by atoms with van der Waals surface area (Å²) in [5, 5.41) is 10.0. The second-order valence-electron chi connectivity index (χ2n) is 6.93. The molecule has 29 heavy (non-hydrogen) atoms. The molecule has 1 saturated heterocycles. The van der Waals surface area contributed by atoms with Gasteiger partial charge >= 0.3 is 5.69 Å². The van der Waals surface area contributed by atoms with Gasteiger partial charge in [-0.25, -0.2) is 23.3 Å². The maximum Gasteiger partial charge on any atom is 0.353 e. The normalized spacial score (nSPS) is 16.3. The summed E-state index contributed by atoms with van der Waals surface area (Å²) in [6, 6.07) is 7.34. The van der Waals surface area contributed by atoms with Gasteiger partial charge in [0.2, 0.25) is 11.9 Å². The third-order valence-electron chi connectivity index (χ3n) is 4.64. The van der Waals surface area contributed by atoms with E-state index >= 15 is 0 Å². The van der Waals surface area contributed by atoms with E-state index in [1.807, 2.05) is 0 Å². The van der Waals surface area contributed by atoms with Gasteiger partial charge in [0.25, 0.3) is 0 Å². The van der Waals surface area contributed by atoms with E-state index in [9.17, 15) is 14.0 Å². The van der Waals surface area contributed by atoms with E-state index in [0.29, 0.717) is 30.2 Å². The number of ether oxygens (including phenoxy) is 1. The molecule has 0 saturated carbocycles. The first-order valence-corrected chi connectivity index (χ1v) is 9.38.